The highest BCUT2D eigenvalue weighted by atomic mass is 16.4. The number of carboxylic acids is 1. The SMILES string of the molecule is Cc1ccc(-n2nnc(CC(=O)O)n2)cc1C. The third kappa shape index (κ3) is 2.47. The maximum absolute atomic E-state index is 10.5. The molecule has 0 aliphatic rings. The topological polar surface area (TPSA) is 80.9 Å². The van der Waals surface area contributed by atoms with Gasteiger partial charge in [0.15, 0.2) is 5.82 Å². The van der Waals surface area contributed by atoms with Crippen molar-refractivity contribution < 1.29 is 9.90 Å². The van der Waals surface area contributed by atoms with Gasteiger partial charge in [0, 0.05) is 0 Å². The molecule has 0 atom stereocenters. The average molecular weight is 232 g/mol. The molecule has 2 aromatic rings. The zero-order valence-corrected chi connectivity index (χ0v) is 9.58. The maximum Gasteiger partial charge on any atom is 0.311 e. The molecular weight excluding hydrogens is 220 g/mol. The summed E-state index contributed by atoms with van der Waals surface area (Å²) in [4.78, 5) is 11.8. The van der Waals surface area contributed by atoms with E-state index in [1.807, 2.05) is 32.0 Å². The zero-order valence-electron chi connectivity index (χ0n) is 9.58. The van der Waals surface area contributed by atoms with Crippen LogP contribution in [0.15, 0.2) is 18.2 Å². The molecule has 1 aromatic carbocycles. The van der Waals surface area contributed by atoms with Crippen LogP contribution in [-0.2, 0) is 11.2 Å². The van der Waals surface area contributed by atoms with E-state index < -0.39 is 5.97 Å². The number of aliphatic carboxylic acids is 1. The number of nitrogens with zero attached hydrogens (tertiary/aromatic N) is 4. The van der Waals surface area contributed by atoms with Crippen LogP contribution in [0.5, 0.6) is 0 Å². The first kappa shape index (κ1) is 11.3. The number of rotatable bonds is 3. The first-order chi connectivity index (χ1) is 8.06. The summed E-state index contributed by atoms with van der Waals surface area (Å²) in [5.41, 5.74) is 3.08. The first-order valence-electron chi connectivity index (χ1n) is 5.14. The fourth-order valence-electron chi connectivity index (χ4n) is 1.41. The van der Waals surface area contributed by atoms with E-state index in [1.165, 1.54) is 10.4 Å². The van der Waals surface area contributed by atoms with Crippen LogP contribution in [0.3, 0.4) is 0 Å². The Morgan fingerprint density at radius 1 is 1.35 bits per heavy atom. The van der Waals surface area contributed by atoms with Gasteiger partial charge in [0.25, 0.3) is 0 Å². The van der Waals surface area contributed by atoms with E-state index in [0.29, 0.717) is 0 Å². The van der Waals surface area contributed by atoms with Crippen molar-refractivity contribution in [1.29, 1.82) is 0 Å². The Bertz CT molecular complexity index is 562. The second-order valence-corrected chi connectivity index (χ2v) is 3.83. The van der Waals surface area contributed by atoms with E-state index >= 15 is 0 Å². The molecule has 0 aliphatic heterocycles. The molecule has 0 saturated heterocycles. The minimum absolute atomic E-state index is 0.204. The van der Waals surface area contributed by atoms with Crippen molar-refractivity contribution in [1.82, 2.24) is 20.2 Å². The minimum atomic E-state index is -0.968. The lowest BCUT2D eigenvalue weighted by atomic mass is 10.1. The highest BCUT2D eigenvalue weighted by Crippen LogP contribution is 2.12. The van der Waals surface area contributed by atoms with Gasteiger partial charge < -0.3 is 5.11 Å². The Kier molecular flexibility index (Phi) is 2.86. The van der Waals surface area contributed by atoms with Crippen LogP contribution in [0.1, 0.15) is 17.0 Å². The number of carboxylic acid groups (broad SMARTS) is 1. The van der Waals surface area contributed by atoms with Gasteiger partial charge in [-0.15, -0.1) is 15.0 Å². The van der Waals surface area contributed by atoms with E-state index in [-0.39, 0.29) is 12.2 Å². The molecule has 0 bridgehead atoms. The molecule has 2 rings (SSSR count). The molecule has 88 valence electrons. The number of aromatic nitrogens is 4. The summed E-state index contributed by atoms with van der Waals surface area (Å²) in [6, 6.07) is 5.76. The number of carbonyl (C=O) groups is 1. The molecule has 1 heterocycles. The molecule has 1 N–H and O–H groups in total. The summed E-state index contributed by atoms with van der Waals surface area (Å²) >= 11 is 0. The molecule has 0 radical (unpaired) electrons. The summed E-state index contributed by atoms with van der Waals surface area (Å²) in [6.07, 6.45) is -0.217. The molecule has 1 aromatic heterocycles. The molecule has 0 saturated carbocycles. The molecule has 0 spiro atoms. The van der Waals surface area contributed by atoms with Crippen LogP contribution in [0.2, 0.25) is 0 Å². The zero-order chi connectivity index (χ0) is 12.4. The Hall–Kier alpha value is -2.24. The predicted molar refractivity (Wildman–Crippen MR) is 60.0 cm³/mol. The lowest BCUT2D eigenvalue weighted by Gasteiger charge is -2.02. The molecule has 6 heteroatoms. The largest absolute Gasteiger partial charge is 0.481 e. The Labute approximate surface area is 97.9 Å². The lowest BCUT2D eigenvalue weighted by Crippen LogP contribution is -2.03. The van der Waals surface area contributed by atoms with Gasteiger partial charge in [-0.2, -0.15) is 0 Å². The van der Waals surface area contributed by atoms with Crippen LogP contribution in [0.4, 0.5) is 0 Å². The van der Waals surface area contributed by atoms with Crippen molar-refractivity contribution in [3.63, 3.8) is 0 Å². The highest BCUT2D eigenvalue weighted by Gasteiger charge is 2.08. The van der Waals surface area contributed by atoms with Crippen LogP contribution in [-0.4, -0.2) is 31.3 Å². The number of hydrogen-bond donors (Lipinski definition) is 1. The summed E-state index contributed by atoms with van der Waals surface area (Å²) in [7, 11) is 0. The standard InChI is InChI=1S/C11H12N4O2/c1-7-3-4-9(5-8(7)2)15-13-10(12-14-15)6-11(16)17/h3-5H,6H2,1-2H3,(H,16,17). The summed E-state index contributed by atoms with van der Waals surface area (Å²) in [5.74, 6) is -0.764. The Morgan fingerprint density at radius 3 is 2.76 bits per heavy atom. The number of aryl methyl sites for hydroxylation is 2. The summed E-state index contributed by atoms with van der Waals surface area (Å²) in [5, 5.41) is 20.1. The van der Waals surface area contributed by atoms with E-state index in [1.54, 1.807) is 0 Å². The van der Waals surface area contributed by atoms with Crippen molar-refractivity contribution in [2.24, 2.45) is 0 Å². The van der Waals surface area contributed by atoms with Gasteiger partial charge in [0.1, 0.15) is 6.42 Å². The Morgan fingerprint density at radius 2 is 2.12 bits per heavy atom. The quantitative estimate of drug-likeness (QED) is 0.850. The molecule has 0 aliphatic carbocycles. The molecule has 17 heavy (non-hydrogen) atoms. The lowest BCUT2D eigenvalue weighted by molar-refractivity contribution is -0.136. The van der Waals surface area contributed by atoms with Crippen LogP contribution in [0.25, 0.3) is 5.69 Å². The van der Waals surface area contributed by atoms with Gasteiger partial charge >= 0.3 is 5.97 Å². The Balaban J connectivity index is 2.30. The van der Waals surface area contributed by atoms with Crippen molar-refractivity contribution >= 4 is 5.97 Å². The van der Waals surface area contributed by atoms with Gasteiger partial charge in [0.2, 0.25) is 0 Å². The van der Waals surface area contributed by atoms with Crippen molar-refractivity contribution in [2.45, 2.75) is 20.3 Å². The van der Waals surface area contributed by atoms with E-state index in [4.69, 9.17) is 5.11 Å². The number of benzene rings is 1. The normalized spacial score (nSPS) is 10.5. The van der Waals surface area contributed by atoms with E-state index in [0.717, 1.165) is 11.3 Å². The number of tetrazole rings is 1. The van der Waals surface area contributed by atoms with E-state index in [2.05, 4.69) is 15.4 Å². The molecule has 6 nitrogen and oxygen atoms in total. The van der Waals surface area contributed by atoms with Gasteiger partial charge in [-0.3, -0.25) is 4.79 Å². The minimum Gasteiger partial charge on any atom is -0.481 e. The van der Waals surface area contributed by atoms with Gasteiger partial charge in [-0.1, -0.05) is 6.07 Å². The van der Waals surface area contributed by atoms with Crippen molar-refractivity contribution in [3.8, 4) is 5.69 Å². The molecule has 0 amide bonds. The maximum atomic E-state index is 10.5. The van der Waals surface area contributed by atoms with Gasteiger partial charge in [0.05, 0.1) is 5.69 Å². The third-order valence-corrected chi connectivity index (χ3v) is 2.49. The first-order valence-corrected chi connectivity index (χ1v) is 5.14. The highest BCUT2D eigenvalue weighted by molar-refractivity contribution is 5.68. The van der Waals surface area contributed by atoms with Crippen LogP contribution in [0, 0.1) is 13.8 Å². The monoisotopic (exact) mass is 232 g/mol. The van der Waals surface area contributed by atoms with Crippen molar-refractivity contribution in [3.05, 3.63) is 35.2 Å². The van der Waals surface area contributed by atoms with Gasteiger partial charge in [-0.25, -0.2) is 0 Å². The molecule has 0 fully saturated rings. The predicted octanol–water partition coefficient (Wildman–Crippen LogP) is 0.906. The molecular formula is C11H12N4O2. The average Bonchev–Trinajstić information content (AvgIpc) is 2.69. The third-order valence-electron chi connectivity index (χ3n) is 2.49. The number of hydrogen-bond acceptors (Lipinski definition) is 4. The summed E-state index contributed by atoms with van der Waals surface area (Å²) < 4.78 is 0. The molecule has 0 unspecified atom stereocenters. The second-order valence-electron chi connectivity index (χ2n) is 3.83. The fourth-order valence-corrected chi connectivity index (χ4v) is 1.41. The second kappa shape index (κ2) is 4.32. The van der Waals surface area contributed by atoms with Gasteiger partial charge in [-0.05, 0) is 42.3 Å². The smallest absolute Gasteiger partial charge is 0.311 e. The summed E-state index contributed by atoms with van der Waals surface area (Å²) in [6.45, 7) is 4.01. The van der Waals surface area contributed by atoms with Crippen LogP contribution >= 0.6 is 0 Å². The van der Waals surface area contributed by atoms with E-state index in [9.17, 15) is 4.79 Å². The van der Waals surface area contributed by atoms with Crippen LogP contribution < -0.4 is 0 Å². The fraction of sp³-hybridized carbons (Fsp3) is 0.273. The van der Waals surface area contributed by atoms with Crippen molar-refractivity contribution in [2.75, 3.05) is 0 Å².